The molecule has 156 valence electrons. The number of amides is 4. The minimum absolute atomic E-state index is 0.155. The lowest BCUT2D eigenvalue weighted by molar-refractivity contribution is -0.134. The topological polar surface area (TPSA) is 97.0 Å². The first kappa shape index (κ1) is 19.7. The summed E-state index contributed by atoms with van der Waals surface area (Å²) in [6.45, 7) is 2.15. The van der Waals surface area contributed by atoms with Crippen molar-refractivity contribution in [1.29, 1.82) is 0 Å². The van der Waals surface area contributed by atoms with Crippen molar-refractivity contribution >= 4 is 17.8 Å². The molecule has 1 fully saturated rings. The van der Waals surface area contributed by atoms with Crippen molar-refractivity contribution in [2.24, 2.45) is 0 Å². The van der Waals surface area contributed by atoms with Gasteiger partial charge < -0.3 is 20.1 Å². The molecule has 30 heavy (non-hydrogen) atoms. The van der Waals surface area contributed by atoms with Gasteiger partial charge in [-0.05, 0) is 42.3 Å². The highest BCUT2D eigenvalue weighted by Gasteiger charge is 2.49. The number of urea groups is 1. The molecule has 1 atom stereocenters. The van der Waals surface area contributed by atoms with E-state index in [0.717, 1.165) is 4.90 Å². The Balaban J connectivity index is 1.44. The molecule has 0 saturated carbocycles. The third-order valence-corrected chi connectivity index (χ3v) is 5.10. The number of benzene rings is 2. The van der Waals surface area contributed by atoms with Crippen LogP contribution in [0.4, 0.5) is 9.18 Å². The molecule has 0 bridgehead atoms. The lowest BCUT2D eigenvalue weighted by atomic mass is 9.91. The second-order valence-electron chi connectivity index (χ2n) is 7.21. The van der Waals surface area contributed by atoms with Gasteiger partial charge in [0.2, 0.25) is 5.91 Å². The van der Waals surface area contributed by atoms with Crippen LogP contribution in [0.5, 0.6) is 11.5 Å². The van der Waals surface area contributed by atoms with Crippen molar-refractivity contribution in [3.8, 4) is 11.5 Å². The second kappa shape index (κ2) is 7.66. The maximum atomic E-state index is 13.0. The van der Waals surface area contributed by atoms with Gasteiger partial charge in [0.1, 0.15) is 31.1 Å². The van der Waals surface area contributed by atoms with Crippen LogP contribution in [-0.4, -0.2) is 42.5 Å². The number of hydrogen-bond donors (Lipinski definition) is 2. The van der Waals surface area contributed by atoms with Crippen LogP contribution in [0.1, 0.15) is 18.1 Å². The lowest BCUT2D eigenvalue weighted by Gasteiger charge is -2.25. The van der Waals surface area contributed by atoms with E-state index in [1.54, 1.807) is 37.3 Å². The Labute approximate surface area is 171 Å². The molecular weight excluding hydrogens is 393 g/mol. The van der Waals surface area contributed by atoms with Crippen LogP contribution in [0.3, 0.4) is 0 Å². The number of nitrogens with zero attached hydrogens (tertiary/aromatic N) is 1. The Morgan fingerprint density at radius 2 is 1.83 bits per heavy atom. The van der Waals surface area contributed by atoms with Crippen molar-refractivity contribution in [3.63, 3.8) is 0 Å². The number of imide groups is 1. The monoisotopic (exact) mass is 413 g/mol. The molecule has 0 aromatic heterocycles. The van der Waals surface area contributed by atoms with Gasteiger partial charge in [-0.25, -0.2) is 9.18 Å². The van der Waals surface area contributed by atoms with E-state index in [1.807, 2.05) is 0 Å². The van der Waals surface area contributed by atoms with Crippen LogP contribution in [0, 0.1) is 5.82 Å². The van der Waals surface area contributed by atoms with Crippen LogP contribution >= 0.6 is 0 Å². The van der Waals surface area contributed by atoms with Gasteiger partial charge in [0.25, 0.3) is 5.91 Å². The SMILES string of the molecule is C[C@]1(c2ccc3c(c2)OCCO3)NC(=O)N(CC(=O)NCc2ccc(F)cc2)C1=O. The maximum absolute atomic E-state index is 13.0. The van der Waals surface area contributed by atoms with Crippen LogP contribution in [-0.2, 0) is 21.7 Å². The Bertz CT molecular complexity index is 1010. The van der Waals surface area contributed by atoms with Gasteiger partial charge in [-0.1, -0.05) is 18.2 Å². The second-order valence-corrected chi connectivity index (χ2v) is 7.21. The van der Waals surface area contributed by atoms with Crippen molar-refractivity contribution < 1.29 is 28.2 Å². The van der Waals surface area contributed by atoms with Crippen LogP contribution < -0.4 is 20.1 Å². The Morgan fingerprint density at radius 1 is 1.13 bits per heavy atom. The van der Waals surface area contributed by atoms with E-state index in [0.29, 0.717) is 35.8 Å². The predicted octanol–water partition coefficient (Wildman–Crippen LogP) is 1.68. The average Bonchev–Trinajstić information content (AvgIpc) is 2.97. The van der Waals surface area contributed by atoms with Gasteiger partial charge >= 0.3 is 6.03 Å². The summed E-state index contributed by atoms with van der Waals surface area (Å²) in [6.07, 6.45) is 0. The van der Waals surface area contributed by atoms with Crippen molar-refractivity contribution in [1.82, 2.24) is 15.5 Å². The molecule has 8 nitrogen and oxygen atoms in total. The van der Waals surface area contributed by atoms with E-state index in [-0.39, 0.29) is 12.4 Å². The molecule has 0 spiro atoms. The number of rotatable bonds is 5. The third kappa shape index (κ3) is 3.66. The zero-order valence-electron chi connectivity index (χ0n) is 16.2. The van der Waals surface area contributed by atoms with E-state index in [2.05, 4.69) is 10.6 Å². The van der Waals surface area contributed by atoms with Crippen molar-refractivity contribution in [3.05, 3.63) is 59.4 Å². The summed E-state index contributed by atoms with van der Waals surface area (Å²) in [5.41, 5.74) is -0.105. The fourth-order valence-corrected chi connectivity index (χ4v) is 3.39. The number of nitrogens with one attached hydrogen (secondary N) is 2. The minimum atomic E-state index is -1.33. The number of hydrogen-bond acceptors (Lipinski definition) is 5. The van der Waals surface area contributed by atoms with E-state index in [9.17, 15) is 18.8 Å². The highest BCUT2D eigenvalue weighted by Crippen LogP contribution is 2.36. The van der Waals surface area contributed by atoms with Crippen LogP contribution in [0.15, 0.2) is 42.5 Å². The molecule has 2 heterocycles. The number of fused-ring (bicyclic) bond motifs is 1. The summed E-state index contributed by atoms with van der Waals surface area (Å²) in [5.74, 6) is -0.349. The molecule has 2 aliphatic rings. The fraction of sp³-hybridized carbons (Fsp3) is 0.286. The standard InChI is InChI=1S/C21H20FN3O5/c1-21(14-4-7-16-17(10-14)30-9-8-29-16)19(27)25(20(28)24-21)12-18(26)23-11-13-2-5-15(22)6-3-13/h2-7,10H,8-9,11-12H2,1H3,(H,23,26)(H,24,28)/t21-/m1/s1. The molecule has 2 aromatic rings. The number of halogens is 1. The summed E-state index contributed by atoms with van der Waals surface area (Å²) in [4.78, 5) is 38.6. The quantitative estimate of drug-likeness (QED) is 0.727. The zero-order chi connectivity index (χ0) is 21.3. The summed E-state index contributed by atoms with van der Waals surface area (Å²) < 4.78 is 24.0. The molecule has 4 amide bonds. The summed E-state index contributed by atoms with van der Waals surface area (Å²) in [7, 11) is 0. The highest BCUT2D eigenvalue weighted by atomic mass is 19.1. The highest BCUT2D eigenvalue weighted by molar-refractivity contribution is 6.09. The zero-order valence-corrected chi connectivity index (χ0v) is 16.2. The van der Waals surface area contributed by atoms with E-state index < -0.39 is 29.9 Å². The average molecular weight is 413 g/mol. The van der Waals surface area contributed by atoms with Gasteiger partial charge in [0, 0.05) is 6.54 Å². The minimum Gasteiger partial charge on any atom is -0.486 e. The first-order valence-electron chi connectivity index (χ1n) is 9.42. The molecule has 9 heteroatoms. The molecule has 2 N–H and O–H groups in total. The smallest absolute Gasteiger partial charge is 0.325 e. The molecular formula is C21H20FN3O5. The Morgan fingerprint density at radius 3 is 2.57 bits per heavy atom. The largest absolute Gasteiger partial charge is 0.486 e. The number of carbonyl (C=O) groups excluding carboxylic acids is 3. The predicted molar refractivity (Wildman–Crippen MR) is 103 cm³/mol. The Kier molecular flexibility index (Phi) is 5.03. The molecule has 2 aliphatic heterocycles. The normalized spacial score (nSPS) is 20.1. The van der Waals surface area contributed by atoms with Gasteiger partial charge in [-0.2, -0.15) is 0 Å². The first-order valence-corrected chi connectivity index (χ1v) is 9.42. The van der Waals surface area contributed by atoms with E-state index >= 15 is 0 Å². The first-order chi connectivity index (χ1) is 14.4. The fourth-order valence-electron chi connectivity index (χ4n) is 3.39. The molecule has 0 aliphatic carbocycles. The van der Waals surface area contributed by atoms with E-state index in [4.69, 9.17) is 9.47 Å². The number of carbonyl (C=O) groups is 3. The summed E-state index contributed by atoms with van der Waals surface area (Å²) >= 11 is 0. The molecule has 1 saturated heterocycles. The lowest BCUT2D eigenvalue weighted by Crippen LogP contribution is -2.43. The van der Waals surface area contributed by atoms with Gasteiger partial charge in [0.15, 0.2) is 11.5 Å². The maximum Gasteiger partial charge on any atom is 0.325 e. The summed E-state index contributed by atoms with van der Waals surface area (Å²) in [5, 5.41) is 5.28. The van der Waals surface area contributed by atoms with Gasteiger partial charge in [-0.15, -0.1) is 0 Å². The van der Waals surface area contributed by atoms with Crippen LogP contribution in [0.25, 0.3) is 0 Å². The van der Waals surface area contributed by atoms with Gasteiger partial charge in [-0.3, -0.25) is 14.5 Å². The summed E-state index contributed by atoms with van der Waals surface area (Å²) in [6, 6.07) is 10.0. The molecule has 2 aromatic carbocycles. The third-order valence-electron chi connectivity index (χ3n) is 5.10. The molecule has 0 unspecified atom stereocenters. The van der Waals surface area contributed by atoms with Crippen molar-refractivity contribution in [2.45, 2.75) is 19.0 Å². The van der Waals surface area contributed by atoms with Crippen molar-refractivity contribution in [2.75, 3.05) is 19.8 Å². The van der Waals surface area contributed by atoms with E-state index in [1.165, 1.54) is 12.1 Å². The number of ether oxygens (including phenoxy) is 2. The van der Waals surface area contributed by atoms with Gasteiger partial charge in [0.05, 0.1) is 0 Å². The molecule has 4 rings (SSSR count). The Hall–Kier alpha value is -3.62. The molecule has 0 radical (unpaired) electrons. The van der Waals surface area contributed by atoms with Crippen LogP contribution in [0.2, 0.25) is 0 Å².